The van der Waals surface area contributed by atoms with E-state index in [-0.39, 0.29) is 5.56 Å². The normalized spacial score (nSPS) is 11.5. The van der Waals surface area contributed by atoms with E-state index < -0.39 is 0 Å². The smallest absolute Gasteiger partial charge is 0.281 e. The van der Waals surface area contributed by atoms with Crippen LogP contribution in [0.2, 0.25) is 0 Å². The first-order chi connectivity index (χ1) is 11.7. The topological polar surface area (TPSA) is 93.2 Å². The number of hydrogen-bond acceptors (Lipinski definition) is 5. The molecule has 1 N–H and O–H groups in total. The summed E-state index contributed by atoms with van der Waals surface area (Å²) in [6.45, 7) is 1.82. The van der Waals surface area contributed by atoms with Crippen LogP contribution < -0.4 is 5.56 Å². The zero-order valence-corrected chi connectivity index (χ0v) is 12.8. The molecule has 0 unspecified atom stereocenters. The van der Waals surface area contributed by atoms with Crippen molar-refractivity contribution in [1.29, 1.82) is 0 Å². The highest BCUT2D eigenvalue weighted by Crippen LogP contribution is 2.10. The van der Waals surface area contributed by atoms with Gasteiger partial charge in [-0.05, 0) is 31.2 Å². The third-order valence-corrected chi connectivity index (χ3v) is 3.59. The van der Waals surface area contributed by atoms with E-state index in [2.05, 4.69) is 25.4 Å². The van der Waals surface area contributed by atoms with Crippen LogP contribution >= 0.6 is 0 Å². The molecular weight excluding hydrogens is 306 g/mol. The maximum atomic E-state index is 12.6. The first kappa shape index (κ1) is 14.1. The molecule has 4 aromatic rings. The van der Waals surface area contributed by atoms with E-state index in [1.807, 2.05) is 37.3 Å². The molecule has 0 saturated heterocycles. The summed E-state index contributed by atoms with van der Waals surface area (Å²) in [7, 11) is 0. The van der Waals surface area contributed by atoms with Crippen LogP contribution in [-0.4, -0.2) is 35.8 Å². The van der Waals surface area contributed by atoms with Gasteiger partial charge in [-0.3, -0.25) is 14.9 Å². The number of aliphatic imine (C=N–C) groups is 1. The van der Waals surface area contributed by atoms with E-state index in [1.54, 1.807) is 18.3 Å². The van der Waals surface area contributed by atoms with Gasteiger partial charge < -0.3 is 0 Å². The molecule has 0 saturated carbocycles. The van der Waals surface area contributed by atoms with Gasteiger partial charge in [0.25, 0.3) is 5.56 Å². The van der Waals surface area contributed by atoms with E-state index in [4.69, 9.17) is 0 Å². The minimum absolute atomic E-state index is 0.216. The molecule has 118 valence electrons. The number of aryl methyl sites for hydroxylation is 1. The highest BCUT2D eigenvalue weighted by Gasteiger charge is 2.12. The average molecular weight is 319 g/mol. The largest absolute Gasteiger partial charge is 0.293 e. The number of fused-ring (bicyclic) bond motifs is 1. The van der Waals surface area contributed by atoms with Crippen molar-refractivity contribution in [2.75, 3.05) is 0 Å². The van der Waals surface area contributed by atoms with Crippen molar-refractivity contribution >= 4 is 17.5 Å². The van der Waals surface area contributed by atoms with Crippen LogP contribution in [0.25, 0.3) is 11.5 Å². The fourth-order valence-electron chi connectivity index (χ4n) is 2.36. The summed E-state index contributed by atoms with van der Waals surface area (Å²) in [6.07, 6.45) is 3.05. The Balaban J connectivity index is 1.76. The molecule has 0 aliphatic heterocycles. The van der Waals surface area contributed by atoms with E-state index in [0.717, 1.165) is 5.69 Å². The summed E-state index contributed by atoms with van der Waals surface area (Å²) < 4.78 is 2.89. The zero-order chi connectivity index (χ0) is 16.5. The third-order valence-electron chi connectivity index (χ3n) is 3.59. The lowest BCUT2D eigenvalue weighted by Gasteiger charge is -2.00. The lowest BCUT2D eigenvalue weighted by Crippen LogP contribution is -2.19. The number of aromatic nitrogens is 6. The van der Waals surface area contributed by atoms with Crippen LogP contribution in [0.15, 0.2) is 58.6 Å². The summed E-state index contributed by atoms with van der Waals surface area (Å²) in [5, 5.41) is 15.0. The second kappa shape index (κ2) is 5.58. The van der Waals surface area contributed by atoms with Gasteiger partial charge >= 0.3 is 0 Å². The summed E-state index contributed by atoms with van der Waals surface area (Å²) in [5.74, 6) is 0.453. The number of aromatic amines is 1. The second-order valence-corrected chi connectivity index (χ2v) is 5.21. The SMILES string of the molecule is Cc1[nH]n(-c2ccc3nncn3n2)c(=O)c1C=Nc1ccccc1. The van der Waals surface area contributed by atoms with Crippen LogP contribution in [0.1, 0.15) is 11.3 Å². The number of H-pyrrole nitrogens is 1. The molecule has 0 atom stereocenters. The quantitative estimate of drug-likeness (QED) is 0.581. The number of rotatable bonds is 3. The first-order valence-electron chi connectivity index (χ1n) is 7.30. The summed E-state index contributed by atoms with van der Waals surface area (Å²) in [4.78, 5) is 17.0. The van der Waals surface area contributed by atoms with E-state index in [9.17, 15) is 4.79 Å². The maximum Gasteiger partial charge on any atom is 0.281 e. The Hall–Kier alpha value is -3.55. The van der Waals surface area contributed by atoms with Gasteiger partial charge in [0.2, 0.25) is 0 Å². The van der Waals surface area contributed by atoms with Gasteiger partial charge in [0.15, 0.2) is 11.5 Å². The first-order valence-corrected chi connectivity index (χ1v) is 7.30. The number of nitrogens with one attached hydrogen (secondary N) is 1. The Labute approximate surface area is 136 Å². The molecule has 0 aliphatic carbocycles. The molecule has 3 aromatic heterocycles. The number of para-hydroxylation sites is 1. The molecule has 24 heavy (non-hydrogen) atoms. The molecule has 0 amide bonds. The van der Waals surface area contributed by atoms with Crippen LogP contribution in [0.3, 0.4) is 0 Å². The van der Waals surface area contributed by atoms with Crippen LogP contribution in [-0.2, 0) is 0 Å². The third kappa shape index (κ3) is 2.39. The zero-order valence-electron chi connectivity index (χ0n) is 12.8. The highest BCUT2D eigenvalue weighted by molar-refractivity contribution is 5.82. The Morgan fingerprint density at radius 2 is 2.00 bits per heavy atom. The lowest BCUT2D eigenvalue weighted by molar-refractivity contribution is 0.765. The van der Waals surface area contributed by atoms with Crippen molar-refractivity contribution < 1.29 is 0 Å². The van der Waals surface area contributed by atoms with Gasteiger partial charge in [-0.1, -0.05) is 18.2 Å². The standard InChI is InChI=1S/C16H13N7O/c1-11-13(9-17-12-5-3-2-4-6-12)16(24)23(20-11)15-8-7-14-19-18-10-22(14)21-15/h2-10,20H,1H3. The summed E-state index contributed by atoms with van der Waals surface area (Å²) in [6, 6.07) is 12.9. The molecule has 0 spiro atoms. The van der Waals surface area contributed by atoms with Crippen molar-refractivity contribution in [2.45, 2.75) is 6.92 Å². The molecular formula is C16H13N7O. The molecule has 0 fully saturated rings. The summed E-state index contributed by atoms with van der Waals surface area (Å²) in [5.41, 5.74) is 2.39. The molecule has 4 rings (SSSR count). The highest BCUT2D eigenvalue weighted by atomic mass is 16.1. The Morgan fingerprint density at radius 3 is 2.83 bits per heavy atom. The van der Waals surface area contributed by atoms with Crippen molar-refractivity contribution in [2.24, 2.45) is 4.99 Å². The number of hydrogen-bond donors (Lipinski definition) is 1. The van der Waals surface area contributed by atoms with Crippen molar-refractivity contribution in [3.63, 3.8) is 0 Å². The van der Waals surface area contributed by atoms with Crippen LogP contribution in [0.5, 0.6) is 0 Å². The molecule has 1 aromatic carbocycles. The van der Waals surface area contributed by atoms with Gasteiger partial charge in [-0.2, -0.15) is 9.20 Å². The monoisotopic (exact) mass is 319 g/mol. The maximum absolute atomic E-state index is 12.6. The minimum Gasteiger partial charge on any atom is -0.293 e. The van der Waals surface area contributed by atoms with Gasteiger partial charge in [0.05, 0.1) is 11.3 Å². The average Bonchev–Trinajstić information content (AvgIpc) is 3.18. The fourth-order valence-corrected chi connectivity index (χ4v) is 2.36. The number of nitrogens with zero attached hydrogens (tertiary/aromatic N) is 6. The van der Waals surface area contributed by atoms with E-state index >= 15 is 0 Å². The van der Waals surface area contributed by atoms with Gasteiger partial charge in [0.1, 0.15) is 6.33 Å². The second-order valence-electron chi connectivity index (χ2n) is 5.21. The molecule has 0 aliphatic rings. The van der Waals surface area contributed by atoms with Crippen LogP contribution in [0.4, 0.5) is 5.69 Å². The van der Waals surface area contributed by atoms with Crippen molar-refractivity contribution in [1.82, 2.24) is 29.6 Å². The van der Waals surface area contributed by atoms with Gasteiger partial charge in [-0.15, -0.1) is 15.3 Å². The van der Waals surface area contributed by atoms with Gasteiger partial charge in [0, 0.05) is 11.9 Å². The predicted octanol–water partition coefficient (Wildman–Crippen LogP) is 1.66. The molecule has 3 heterocycles. The summed E-state index contributed by atoms with van der Waals surface area (Å²) >= 11 is 0. The Bertz CT molecular complexity index is 1090. The number of benzene rings is 1. The predicted molar refractivity (Wildman–Crippen MR) is 89.2 cm³/mol. The molecule has 8 heteroatoms. The van der Waals surface area contributed by atoms with Crippen molar-refractivity contribution in [3.05, 3.63) is 70.4 Å². The molecule has 0 radical (unpaired) electrons. The van der Waals surface area contributed by atoms with E-state index in [0.29, 0.717) is 22.7 Å². The molecule has 8 nitrogen and oxygen atoms in total. The molecule has 0 bridgehead atoms. The Morgan fingerprint density at radius 1 is 1.17 bits per heavy atom. The minimum atomic E-state index is -0.216. The van der Waals surface area contributed by atoms with Crippen molar-refractivity contribution in [3.8, 4) is 5.82 Å². The Kier molecular flexibility index (Phi) is 3.27. The van der Waals surface area contributed by atoms with Gasteiger partial charge in [-0.25, -0.2) is 0 Å². The fraction of sp³-hybridized carbons (Fsp3) is 0.0625. The van der Waals surface area contributed by atoms with E-state index in [1.165, 1.54) is 15.5 Å². The van der Waals surface area contributed by atoms with Crippen LogP contribution in [0, 0.1) is 6.92 Å². The lowest BCUT2D eigenvalue weighted by atomic mass is 10.3.